The number of imidazole rings is 1. The van der Waals surface area contributed by atoms with Crippen molar-refractivity contribution in [1.29, 1.82) is 0 Å². The third-order valence-electron chi connectivity index (χ3n) is 3.70. The molecule has 0 atom stereocenters. The molecular formula is C16H15ClN4O2. The van der Waals surface area contributed by atoms with Crippen molar-refractivity contribution < 1.29 is 0 Å². The first-order chi connectivity index (χ1) is 11.0. The minimum atomic E-state index is -0.421. The van der Waals surface area contributed by atoms with Gasteiger partial charge in [-0.15, -0.1) is 0 Å². The smallest absolute Gasteiger partial charge is 0.312 e. The number of hydrogen-bond acceptors (Lipinski definition) is 3. The lowest BCUT2D eigenvalue weighted by Gasteiger charge is -2.06. The van der Waals surface area contributed by atoms with Crippen molar-refractivity contribution in [2.45, 2.75) is 6.54 Å². The Morgan fingerprint density at radius 1 is 1.13 bits per heavy atom. The first-order valence-corrected chi connectivity index (χ1v) is 7.42. The molecule has 0 amide bonds. The monoisotopic (exact) mass is 330 g/mol. The number of rotatable bonds is 3. The van der Waals surface area contributed by atoms with E-state index in [9.17, 15) is 9.59 Å². The molecule has 0 saturated heterocycles. The average molecular weight is 331 g/mol. The van der Waals surface area contributed by atoms with Crippen molar-refractivity contribution in [2.24, 2.45) is 14.1 Å². The fourth-order valence-electron chi connectivity index (χ4n) is 2.44. The fraction of sp³-hybridized carbons (Fsp3) is 0.188. The quantitative estimate of drug-likeness (QED) is 0.688. The van der Waals surface area contributed by atoms with Crippen LogP contribution in [-0.2, 0) is 20.6 Å². The SMILES string of the molecule is Cn1c(Cl)nc2c1c(=O)n(CC=Cc1ccccc1)c(=O)n2C. The lowest BCUT2D eigenvalue weighted by molar-refractivity contribution is 0.666. The van der Waals surface area contributed by atoms with Crippen LogP contribution in [0, 0.1) is 0 Å². The Morgan fingerprint density at radius 2 is 1.83 bits per heavy atom. The Balaban J connectivity index is 2.08. The van der Waals surface area contributed by atoms with Gasteiger partial charge in [0, 0.05) is 20.6 Å². The lowest BCUT2D eigenvalue weighted by Crippen LogP contribution is -2.39. The molecule has 2 heterocycles. The van der Waals surface area contributed by atoms with Gasteiger partial charge in [0.1, 0.15) is 0 Å². The Bertz CT molecular complexity index is 1010. The maximum atomic E-state index is 12.6. The summed E-state index contributed by atoms with van der Waals surface area (Å²) < 4.78 is 3.98. The van der Waals surface area contributed by atoms with Crippen LogP contribution in [0.1, 0.15) is 5.56 Å². The standard InChI is InChI=1S/C16H15ClN4O2/c1-19-12-13(18-15(19)17)20(2)16(23)21(14(12)22)10-6-9-11-7-4-3-5-8-11/h3-9H,10H2,1-2H3. The number of halogens is 1. The molecule has 1 aromatic carbocycles. The molecular weight excluding hydrogens is 316 g/mol. The van der Waals surface area contributed by atoms with Crippen LogP contribution in [-0.4, -0.2) is 18.7 Å². The zero-order valence-corrected chi connectivity index (χ0v) is 13.5. The van der Waals surface area contributed by atoms with E-state index in [1.54, 1.807) is 20.2 Å². The van der Waals surface area contributed by atoms with Crippen LogP contribution in [0.3, 0.4) is 0 Å². The summed E-state index contributed by atoms with van der Waals surface area (Å²) in [6.45, 7) is 0.180. The van der Waals surface area contributed by atoms with Gasteiger partial charge in [0.2, 0.25) is 5.28 Å². The summed E-state index contributed by atoms with van der Waals surface area (Å²) in [7, 11) is 3.22. The average Bonchev–Trinajstić information content (AvgIpc) is 2.85. The summed E-state index contributed by atoms with van der Waals surface area (Å²) in [5.74, 6) is 0. The number of hydrogen-bond donors (Lipinski definition) is 0. The van der Waals surface area contributed by atoms with Crippen molar-refractivity contribution in [3.05, 3.63) is 68.1 Å². The molecule has 0 fully saturated rings. The first-order valence-electron chi connectivity index (χ1n) is 7.04. The van der Waals surface area contributed by atoms with Crippen molar-refractivity contribution in [3.63, 3.8) is 0 Å². The summed E-state index contributed by atoms with van der Waals surface area (Å²) in [5, 5.41) is 0.171. The third kappa shape index (κ3) is 2.61. The largest absolute Gasteiger partial charge is 0.332 e. The topological polar surface area (TPSA) is 61.8 Å². The number of aryl methyl sites for hydroxylation is 2. The van der Waals surface area contributed by atoms with E-state index in [0.29, 0.717) is 5.52 Å². The highest BCUT2D eigenvalue weighted by Crippen LogP contribution is 2.12. The van der Waals surface area contributed by atoms with Gasteiger partial charge >= 0.3 is 5.69 Å². The third-order valence-corrected chi connectivity index (χ3v) is 4.04. The van der Waals surface area contributed by atoms with Gasteiger partial charge in [-0.1, -0.05) is 42.5 Å². The van der Waals surface area contributed by atoms with Crippen LogP contribution in [0.2, 0.25) is 5.28 Å². The molecule has 0 aliphatic heterocycles. The summed E-state index contributed by atoms with van der Waals surface area (Å²) >= 11 is 5.96. The van der Waals surface area contributed by atoms with E-state index in [0.717, 1.165) is 5.56 Å². The van der Waals surface area contributed by atoms with Crippen LogP contribution in [0.5, 0.6) is 0 Å². The normalized spacial score (nSPS) is 11.6. The Labute approximate surface area is 136 Å². The maximum absolute atomic E-state index is 12.6. The second-order valence-corrected chi connectivity index (χ2v) is 5.52. The number of nitrogens with zero attached hydrogens (tertiary/aromatic N) is 4. The number of benzene rings is 1. The molecule has 0 unspecified atom stereocenters. The molecule has 3 rings (SSSR count). The zero-order valence-electron chi connectivity index (χ0n) is 12.7. The van der Waals surface area contributed by atoms with Crippen LogP contribution in [0.25, 0.3) is 17.2 Å². The molecule has 0 radical (unpaired) electrons. The number of allylic oxidation sites excluding steroid dienone is 1. The van der Waals surface area contributed by atoms with Gasteiger partial charge in [0.25, 0.3) is 5.56 Å². The van der Waals surface area contributed by atoms with Crippen LogP contribution in [0.4, 0.5) is 0 Å². The number of fused-ring (bicyclic) bond motifs is 1. The van der Waals surface area contributed by atoms with E-state index in [4.69, 9.17) is 11.6 Å². The van der Waals surface area contributed by atoms with Gasteiger partial charge in [-0.05, 0) is 17.2 Å². The highest BCUT2D eigenvalue weighted by Gasteiger charge is 2.16. The summed E-state index contributed by atoms with van der Waals surface area (Å²) in [5.41, 5.74) is 0.778. The van der Waals surface area contributed by atoms with E-state index in [1.807, 2.05) is 36.4 Å². The summed E-state index contributed by atoms with van der Waals surface area (Å²) in [4.78, 5) is 29.0. The van der Waals surface area contributed by atoms with Crippen LogP contribution in [0.15, 0.2) is 46.0 Å². The molecule has 23 heavy (non-hydrogen) atoms. The molecule has 0 bridgehead atoms. The van der Waals surface area contributed by atoms with Crippen LogP contribution >= 0.6 is 11.6 Å². The predicted octanol–water partition coefficient (Wildman–Crippen LogP) is 1.80. The van der Waals surface area contributed by atoms with Gasteiger partial charge in [-0.2, -0.15) is 4.98 Å². The summed E-state index contributed by atoms with van der Waals surface area (Å²) in [6.07, 6.45) is 3.65. The maximum Gasteiger partial charge on any atom is 0.332 e. The van der Waals surface area contributed by atoms with Gasteiger partial charge < -0.3 is 4.57 Å². The highest BCUT2D eigenvalue weighted by molar-refractivity contribution is 6.29. The summed E-state index contributed by atoms with van der Waals surface area (Å²) in [6, 6.07) is 9.67. The molecule has 3 aromatic rings. The molecule has 0 aliphatic rings. The van der Waals surface area contributed by atoms with Crippen molar-refractivity contribution in [3.8, 4) is 0 Å². The van der Waals surface area contributed by atoms with E-state index >= 15 is 0 Å². The molecule has 0 spiro atoms. The first kappa shape index (κ1) is 15.3. The molecule has 2 aromatic heterocycles. The minimum absolute atomic E-state index is 0.171. The Hall–Kier alpha value is -2.60. The Morgan fingerprint density at radius 3 is 2.52 bits per heavy atom. The van der Waals surface area contributed by atoms with E-state index < -0.39 is 11.2 Å². The molecule has 6 nitrogen and oxygen atoms in total. The van der Waals surface area contributed by atoms with E-state index in [1.165, 1.54) is 13.7 Å². The van der Waals surface area contributed by atoms with Gasteiger partial charge in [-0.3, -0.25) is 13.9 Å². The zero-order chi connectivity index (χ0) is 16.6. The lowest BCUT2D eigenvalue weighted by atomic mass is 10.2. The molecule has 7 heteroatoms. The molecule has 0 N–H and O–H groups in total. The minimum Gasteiger partial charge on any atom is -0.312 e. The molecule has 0 saturated carbocycles. The molecule has 118 valence electrons. The fourth-order valence-corrected chi connectivity index (χ4v) is 2.60. The van der Waals surface area contributed by atoms with Gasteiger partial charge in [0.15, 0.2) is 11.2 Å². The van der Waals surface area contributed by atoms with Crippen molar-refractivity contribution in [2.75, 3.05) is 0 Å². The Kier molecular flexibility index (Phi) is 3.92. The second kappa shape index (κ2) is 5.89. The predicted molar refractivity (Wildman–Crippen MR) is 90.7 cm³/mol. The van der Waals surface area contributed by atoms with Gasteiger partial charge in [0.05, 0.1) is 0 Å². The highest BCUT2D eigenvalue weighted by atomic mass is 35.5. The van der Waals surface area contributed by atoms with Gasteiger partial charge in [-0.25, -0.2) is 4.79 Å². The van der Waals surface area contributed by atoms with E-state index in [-0.39, 0.29) is 17.5 Å². The van der Waals surface area contributed by atoms with E-state index in [2.05, 4.69) is 4.98 Å². The molecule has 0 aliphatic carbocycles. The second-order valence-electron chi connectivity index (χ2n) is 5.18. The van der Waals surface area contributed by atoms with Crippen molar-refractivity contribution >= 4 is 28.8 Å². The number of aromatic nitrogens is 4. The van der Waals surface area contributed by atoms with Crippen molar-refractivity contribution in [1.82, 2.24) is 18.7 Å². The van der Waals surface area contributed by atoms with Crippen LogP contribution < -0.4 is 11.2 Å².